The Morgan fingerprint density at radius 1 is 1.23 bits per heavy atom. The molecule has 0 aliphatic carbocycles. The molecule has 0 saturated heterocycles. The van der Waals surface area contributed by atoms with Crippen molar-refractivity contribution in [3.8, 4) is 11.5 Å². The number of ether oxygens (including phenoxy) is 2. The molecule has 0 atom stereocenters. The maximum Gasteiger partial charge on any atom is 0.337 e. The van der Waals surface area contributed by atoms with E-state index in [2.05, 4.69) is 15.3 Å². The quantitative estimate of drug-likeness (QED) is 0.661. The smallest absolute Gasteiger partial charge is 0.337 e. The van der Waals surface area contributed by atoms with Crippen LogP contribution in [0.15, 0.2) is 23.0 Å². The molecule has 0 spiro atoms. The van der Waals surface area contributed by atoms with Gasteiger partial charge in [0, 0.05) is 18.2 Å². The minimum atomic E-state index is -1.26. The van der Waals surface area contributed by atoms with E-state index in [9.17, 15) is 19.5 Å². The number of amides is 1. The Kier molecular flexibility index (Phi) is 6.23. The number of rotatable bonds is 7. The van der Waals surface area contributed by atoms with Crippen LogP contribution in [0.3, 0.4) is 0 Å². The minimum absolute atomic E-state index is 0.00588. The zero-order valence-corrected chi connectivity index (χ0v) is 15.1. The lowest BCUT2D eigenvalue weighted by molar-refractivity contribution is 0.0697. The van der Waals surface area contributed by atoms with Crippen LogP contribution in [-0.2, 0) is 5.75 Å². The number of carboxylic acids is 1. The number of nitrogens with zero attached hydrogens (tertiary/aromatic N) is 1. The third kappa shape index (κ3) is 4.33. The molecule has 0 bridgehead atoms. The molecule has 26 heavy (non-hydrogen) atoms. The molecule has 10 heteroatoms. The van der Waals surface area contributed by atoms with Gasteiger partial charge in [-0.05, 0) is 6.26 Å². The van der Waals surface area contributed by atoms with E-state index in [1.807, 2.05) is 6.26 Å². The van der Waals surface area contributed by atoms with Gasteiger partial charge in [-0.15, -0.1) is 0 Å². The van der Waals surface area contributed by atoms with E-state index in [-0.39, 0.29) is 28.4 Å². The van der Waals surface area contributed by atoms with Crippen LogP contribution in [0.5, 0.6) is 11.5 Å². The molecular weight excluding hydrogens is 362 g/mol. The van der Waals surface area contributed by atoms with Crippen molar-refractivity contribution in [1.82, 2.24) is 9.97 Å². The fraction of sp³-hybridized carbons (Fsp3) is 0.250. The lowest BCUT2D eigenvalue weighted by Crippen LogP contribution is -2.21. The first-order valence-electron chi connectivity index (χ1n) is 7.29. The first kappa shape index (κ1) is 19.3. The third-order valence-electron chi connectivity index (χ3n) is 3.31. The molecule has 1 heterocycles. The molecule has 0 unspecified atom stereocenters. The van der Waals surface area contributed by atoms with Gasteiger partial charge in [0.05, 0.1) is 31.2 Å². The van der Waals surface area contributed by atoms with Gasteiger partial charge in [-0.25, -0.2) is 9.78 Å². The standard InChI is InChI=1S/C16H17N3O6S/c1-24-11-4-8(16(22)23)9(5-12(11)25-2)18-15(21)10-6-14(20)19-13(17-10)7-26-3/h4-6H,7H2,1-3H3,(H,18,21)(H,22,23)(H,17,19,20). The second kappa shape index (κ2) is 8.39. The molecule has 0 radical (unpaired) electrons. The first-order valence-corrected chi connectivity index (χ1v) is 8.68. The number of anilines is 1. The summed E-state index contributed by atoms with van der Waals surface area (Å²) in [6.07, 6.45) is 1.83. The number of aromatic nitrogens is 2. The van der Waals surface area contributed by atoms with Crippen molar-refractivity contribution in [1.29, 1.82) is 0 Å². The second-order valence-electron chi connectivity index (χ2n) is 5.02. The summed E-state index contributed by atoms with van der Waals surface area (Å²) >= 11 is 1.43. The summed E-state index contributed by atoms with van der Waals surface area (Å²) in [5, 5.41) is 11.8. The molecule has 0 fully saturated rings. The number of thioether (sulfide) groups is 1. The molecule has 1 aromatic heterocycles. The molecule has 138 valence electrons. The van der Waals surface area contributed by atoms with Crippen LogP contribution < -0.4 is 20.3 Å². The number of aromatic amines is 1. The summed E-state index contributed by atoms with van der Waals surface area (Å²) < 4.78 is 10.2. The lowest BCUT2D eigenvalue weighted by Gasteiger charge is -2.13. The Hall–Kier alpha value is -3.01. The normalized spacial score (nSPS) is 10.3. The maximum atomic E-state index is 12.5. The average molecular weight is 379 g/mol. The van der Waals surface area contributed by atoms with E-state index in [1.54, 1.807) is 0 Å². The lowest BCUT2D eigenvalue weighted by atomic mass is 10.1. The average Bonchev–Trinajstić information content (AvgIpc) is 2.60. The number of carboxylic acid groups (broad SMARTS) is 1. The third-order valence-corrected chi connectivity index (χ3v) is 3.87. The summed E-state index contributed by atoms with van der Waals surface area (Å²) in [5.41, 5.74) is -0.789. The molecule has 2 aromatic rings. The summed E-state index contributed by atoms with van der Waals surface area (Å²) in [7, 11) is 2.76. The molecule has 0 saturated carbocycles. The highest BCUT2D eigenvalue weighted by Crippen LogP contribution is 2.33. The fourth-order valence-corrected chi connectivity index (χ4v) is 2.59. The van der Waals surface area contributed by atoms with Crippen molar-refractivity contribution in [2.75, 3.05) is 25.8 Å². The molecular formula is C16H17N3O6S. The molecule has 1 aromatic carbocycles. The van der Waals surface area contributed by atoms with E-state index < -0.39 is 17.4 Å². The molecule has 0 aliphatic heterocycles. The number of hydrogen-bond acceptors (Lipinski definition) is 7. The van der Waals surface area contributed by atoms with Crippen LogP contribution in [0.1, 0.15) is 26.7 Å². The van der Waals surface area contributed by atoms with Crippen molar-refractivity contribution in [3.05, 3.63) is 45.6 Å². The van der Waals surface area contributed by atoms with Gasteiger partial charge in [-0.2, -0.15) is 11.8 Å². The Bertz CT molecular complexity index is 896. The van der Waals surface area contributed by atoms with Crippen molar-refractivity contribution in [3.63, 3.8) is 0 Å². The molecule has 2 rings (SSSR count). The Morgan fingerprint density at radius 2 is 1.88 bits per heavy atom. The number of methoxy groups -OCH3 is 2. The highest BCUT2D eigenvalue weighted by Gasteiger charge is 2.19. The summed E-state index contributed by atoms with van der Waals surface area (Å²) in [5.74, 6) is -0.751. The zero-order valence-electron chi connectivity index (χ0n) is 14.3. The van der Waals surface area contributed by atoms with Crippen molar-refractivity contribution in [2.24, 2.45) is 0 Å². The van der Waals surface area contributed by atoms with E-state index in [0.717, 1.165) is 6.07 Å². The van der Waals surface area contributed by atoms with Crippen LogP contribution in [0.4, 0.5) is 5.69 Å². The van der Waals surface area contributed by atoms with Crippen LogP contribution in [0.25, 0.3) is 0 Å². The fourth-order valence-electron chi connectivity index (χ4n) is 2.18. The van der Waals surface area contributed by atoms with Crippen molar-refractivity contribution < 1.29 is 24.2 Å². The van der Waals surface area contributed by atoms with Crippen molar-refractivity contribution >= 4 is 29.3 Å². The maximum absolute atomic E-state index is 12.5. The van der Waals surface area contributed by atoms with Crippen molar-refractivity contribution in [2.45, 2.75) is 5.75 Å². The topological polar surface area (TPSA) is 131 Å². The summed E-state index contributed by atoms with van der Waals surface area (Å²) in [6.45, 7) is 0. The minimum Gasteiger partial charge on any atom is -0.493 e. The number of carbonyl (C=O) groups is 2. The second-order valence-corrected chi connectivity index (χ2v) is 5.89. The van der Waals surface area contributed by atoms with Crippen LogP contribution in [0, 0.1) is 0 Å². The van der Waals surface area contributed by atoms with Gasteiger partial charge in [0.1, 0.15) is 11.5 Å². The van der Waals surface area contributed by atoms with Gasteiger partial charge < -0.3 is 24.9 Å². The first-order chi connectivity index (χ1) is 12.4. The van der Waals surface area contributed by atoms with E-state index in [0.29, 0.717) is 11.6 Å². The number of nitrogens with one attached hydrogen (secondary N) is 2. The Morgan fingerprint density at radius 3 is 2.46 bits per heavy atom. The highest BCUT2D eigenvalue weighted by atomic mass is 32.2. The largest absolute Gasteiger partial charge is 0.493 e. The number of carbonyl (C=O) groups excluding carboxylic acids is 1. The van der Waals surface area contributed by atoms with Gasteiger partial charge in [-0.3, -0.25) is 9.59 Å². The number of H-pyrrole nitrogens is 1. The predicted molar refractivity (Wildman–Crippen MR) is 96.5 cm³/mol. The summed E-state index contributed by atoms with van der Waals surface area (Å²) in [4.78, 5) is 42.2. The van der Waals surface area contributed by atoms with Crippen LogP contribution in [-0.4, -0.2) is 47.4 Å². The molecule has 1 amide bonds. The van der Waals surface area contributed by atoms with Gasteiger partial charge in [-0.1, -0.05) is 0 Å². The monoisotopic (exact) mass is 379 g/mol. The molecule has 3 N–H and O–H groups in total. The van der Waals surface area contributed by atoms with Gasteiger partial charge in [0.25, 0.3) is 11.5 Å². The Balaban J connectivity index is 2.42. The highest BCUT2D eigenvalue weighted by molar-refractivity contribution is 7.97. The number of benzene rings is 1. The van der Waals surface area contributed by atoms with Crippen LogP contribution >= 0.6 is 11.8 Å². The van der Waals surface area contributed by atoms with Gasteiger partial charge in [0.2, 0.25) is 0 Å². The number of hydrogen-bond donors (Lipinski definition) is 3. The molecule has 9 nitrogen and oxygen atoms in total. The predicted octanol–water partition coefficient (Wildman–Crippen LogP) is 1.60. The van der Waals surface area contributed by atoms with E-state index >= 15 is 0 Å². The van der Waals surface area contributed by atoms with Crippen LogP contribution in [0.2, 0.25) is 0 Å². The van der Waals surface area contributed by atoms with E-state index in [1.165, 1.54) is 38.1 Å². The number of aromatic carboxylic acids is 1. The zero-order chi connectivity index (χ0) is 19.3. The Labute approximate surface area is 152 Å². The molecule has 0 aliphatic rings. The van der Waals surface area contributed by atoms with E-state index in [4.69, 9.17) is 9.47 Å². The SMILES string of the molecule is COc1cc(NC(=O)c2cc(=O)[nH]c(CSC)n2)c(C(=O)O)cc1OC. The van der Waals surface area contributed by atoms with Gasteiger partial charge in [0.15, 0.2) is 11.5 Å². The van der Waals surface area contributed by atoms with Gasteiger partial charge >= 0.3 is 5.97 Å². The summed E-state index contributed by atoms with van der Waals surface area (Å²) in [6, 6.07) is 3.61.